The molecule has 1 fully saturated rings. The van der Waals surface area contributed by atoms with Crippen LogP contribution in [0.3, 0.4) is 0 Å². The summed E-state index contributed by atoms with van der Waals surface area (Å²) in [6.07, 6.45) is 4.71. The van der Waals surface area contributed by atoms with Crippen LogP contribution in [0.1, 0.15) is 29.5 Å². The number of piperidine rings is 1. The van der Waals surface area contributed by atoms with E-state index in [1.54, 1.807) is 19.2 Å². The molecular formula is C26H34F2N2O2. The third-order valence-corrected chi connectivity index (χ3v) is 6.81. The van der Waals surface area contributed by atoms with Crippen LogP contribution in [0.4, 0.5) is 8.78 Å². The van der Waals surface area contributed by atoms with E-state index in [1.807, 2.05) is 12.1 Å². The maximum Gasteiger partial charge on any atom is 0.387 e. The number of methoxy groups -OCH3 is 1. The molecule has 2 aromatic carbocycles. The lowest BCUT2D eigenvalue weighted by Crippen LogP contribution is -2.46. The first-order valence-corrected chi connectivity index (χ1v) is 11.7. The minimum absolute atomic E-state index is 0.263. The predicted octanol–water partition coefficient (Wildman–Crippen LogP) is 4.62. The summed E-state index contributed by atoms with van der Waals surface area (Å²) in [5.74, 6) is 0.825. The molecule has 1 saturated heterocycles. The van der Waals surface area contributed by atoms with Gasteiger partial charge in [0.25, 0.3) is 0 Å². The van der Waals surface area contributed by atoms with E-state index < -0.39 is 6.61 Å². The lowest BCUT2D eigenvalue weighted by molar-refractivity contribution is -0.0508. The van der Waals surface area contributed by atoms with Crippen molar-refractivity contribution in [2.24, 2.45) is 5.92 Å². The van der Waals surface area contributed by atoms with Gasteiger partial charge in [0.05, 0.1) is 6.61 Å². The van der Waals surface area contributed by atoms with Crippen molar-refractivity contribution < 1.29 is 18.3 Å². The van der Waals surface area contributed by atoms with Gasteiger partial charge in [-0.25, -0.2) is 0 Å². The number of halogens is 2. The Labute approximate surface area is 190 Å². The minimum Gasteiger partial charge on any atom is -0.434 e. The molecule has 0 bridgehead atoms. The molecule has 32 heavy (non-hydrogen) atoms. The van der Waals surface area contributed by atoms with Gasteiger partial charge in [-0.1, -0.05) is 42.5 Å². The summed E-state index contributed by atoms with van der Waals surface area (Å²) in [5, 5.41) is 0. The Kier molecular flexibility index (Phi) is 8.11. The monoisotopic (exact) mass is 444 g/mol. The molecule has 1 aliphatic heterocycles. The zero-order valence-corrected chi connectivity index (χ0v) is 18.9. The zero-order valence-electron chi connectivity index (χ0n) is 18.9. The fraction of sp³-hybridized carbons (Fsp3) is 0.538. The van der Waals surface area contributed by atoms with E-state index in [0.29, 0.717) is 25.1 Å². The van der Waals surface area contributed by atoms with E-state index in [4.69, 9.17) is 9.47 Å². The summed E-state index contributed by atoms with van der Waals surface area (Å²) >= 11 is 0. The molecule has 4 rings (SSSR count). The van der Waals surface area contributed by atoms with Crippen LogP contribution in [-0.2, 0) is 24.1 Å². The molecule has 1 atom stereocenters. The van der Waals surface area contributed by atoms with E-state index in [9.17, 15) is 8.78 Å². The molecule has 1 aliphatic carbocycles. The van der Waals surface area contributed by atoms with E-state index in [0.717, 1.165) is 44.6 Å². The molecule has 0 N–H and O–H groups in total. The van der Waals surface area contributed by atoms with Crippen molar-refractivity contribution in [3.05, 3.63) is 65.2 Å². The van der Waals surface area contributed by atoms with Crippen molar-refractivity contribution in [2.45, 2.75) is 44.9 Å². The molecule has 0 radical (unpaired) electrons. The molecule has 0 aromatic heterocycles. The molecule has 0 amide bonds. The summed E-state index contributed by atoms with van der Waals surface area (Å²) in [4.78, 5) is 5.01. The number of hydrogen-bond acceptors (Lipinski definition) is 4. The average molecular weight is 445 g/mol. The summed E-state index contributed by atoms with van der Waals surface area (Å²) in [6.45, 7) is 2.35. The van der Waals surface area contributed by atoms with Gasteiger partial charge >= 0.3 is 6.61 Å². The van der Waals surface area contributed by atoms with Crippen LogP contribution in [0.25, 0.3) is 0 Å². The normalized spacial score (nSPS) is 19.6. The third kappa shape index (κ3) is 6.06. The summed E-state index contributed by atoms with van der Waals surface area (Å²) < 4.78 is 35.8. The molecule has 4 nitrogen and oxygen atoms in total. The number of hydrogen-bond donors (Lipinski definition) is 0. The number of para-hydroxylation sites is 1. The number of likely N-dealkylation sites (tertiary alicyclic amines) is 1. The number of rotatable bonds is 10. The Bertz CT molecular complexity index is 838. The predicted molar refractivity (Wildman–Crippen MR) is 122 cm³/mol. The minimum atomic E-state index is -2.81. The third-order valence-electron chi connectivity index (χ3n) is 6.81. The van der Waals surface area contributed by atoms with Gasteiger partial charge in [0.2, 0.25) is 0 Å². The first kappa shape index (κ1) is 23.1. The lowest BCUT2D eigenvalue weighted by atomic mass is 9.95. The fourth-order valence-electron chi connectivity index (χ4n) is 5.28. The van der Waals surface area contributed by atoms with E-state index in [2.05, 4.69) is 34.1 Å². The summed E-state index contributed by atoms with van der Waals surface area (Å²) in [5.41, 5.74) is 3.79. The molecular weight excluding hydrogens is 410 g/mol. The first-order chi connectivity index (χ1) is 15.6. The van der Waals surface area contributed by atoms with Crippen molar-refractivity contribution >= 4 is 0 Å². The highest BCUT2D eigenvalue weighted by molar-refractivity contribution is 5.34. The molecule has 174 valence electrons. The SMILES string of the molecule is COCCN(Cc1ccccc1OC(F)F)CC1CCCN(C2Cc3ccccc3C2)C1. The summed E-state index contributed by atoms with van der Waals surface area (Å²) in [7, 11) is 1.70. The van der Waals surface area contributed by atoms with Crippen LogP contribution < -0.4 is 4.74 Å². The number of nitrogens with zero attached hydrogens (tertiary/aromatic N) is 2. The van der Waals surface area contributed by atoms with Crippen molar-refractivity contribution in [3.63, 3.8) is 0 Å². The molecule has 1 unspecified atom stereocenters. The van der Waals surface area contributed by atoms with Gasteiger partial charge in [0.1, 0.15) is 5.75 Å². The molecule has 6 heteroatoms. The average Bonchev–Trinajstić information content (AvgIpc) is 3.23. The van der Waals surface area contributed by atoms with E-state index in [1.165, 1.54) is 24.0 Å². The first-order valence-electron chi connectivity index (χ1n) is 11.7. The van der Waals surface area contributed by atoms with Crippen LogP contribution in [0.15, 0.2) is 48.5 Å². The van der Waals surface area contributed by atoms with E-state index in [-0.39, 0.29) is 5.75 Å². The van der Waals surface area contributed by atoms with Gasteiger partial charge in [-0.3, -0.25) is 9.80 Å². The molecule has 0 saturated carbocycles. The molecule has 2 aromatic rings. The lowest BCUT2D eigenvalue weighted by Gasteiger charge is -2.39. The standard InChI is InChI=1S/C26H34F2N2O2/c1-31-14-13-29(19-23-10-4-5-11-25(23)32-26(27)28)17-20-7-6-12-30(18-20)24-15-21-8-2-3-9-22(21)16-24/h2-5,8-11,20,24,26H,6-7,12-19H2,1H3. The second kappa shape index (κ2) is 11.2. The second-order valence-corrected chi connectivity index (χ2v) is 9.05. The Balaban J connectivity index is 1.38. The smallest absolute Gasteiger partial charge is 0.387 e. The Morgan fingerprint density at radius 3 is 2.50 bits per heavy atom. The topological polar surface area (TPSA) is 24.9 Å². The van der Waals surface area contributed by atoms with Gasteiger partial charge in [-0.15, -0.1) is 0 Å². The molecule has 2 aliphatic rings. The van der Waals surface area contributed by atoms with Crippen molar-refractivity contribution in [2.75, 3.05) is 39.9 Å². The number of ether oxygens (including phenoxy) is 2. The van der Waals surface area contributed by atoms with Crippen LogP contribution in [0, 0.1) is 5.92 Å². The van der Waals surface area contributed by atoms with Crippen molar-refractivity contribution in [1.29, 1.82) is 0 Å². The number of alkyl halides is 2. The van der Waals surface area contributed by atoms with Crippen molar-refractivity contribution in [1.82, 2.24) is 9.80 Å². The van der Waals surface area contributed by atoms with Gasteiger partial charge in [-0.2, -0.15) is 8.78 Å². The van der Waals surface area contributed by atoms with Crippen molar-refractivity contribution in [3.8, 4) is 5.75 Å². The Morgan fingerprint density at radius 1 is 1.06 bits per heavy atom. The van der Waals surface area contributed by atoms with Gasteiger partial charge in [0.15, 0.2) is 0 Å². The van der Waals surface area contributed by atoms with E-state index >= 15 is 0 Å². The van der Waals surface area contributed by atoms with Crippen LogP contribution in [0.2, 0.25) is 0 Å². The molecule has 1 heterocycles. The highest BCUT2D eigenvalue weighted by atomic mass is 19.3. The maximum absolute atomic E-state index is 12.8. The van der Waals surface area contributed by atoms with Gasteiger partial charge < -0.3 is 9.47 Å². The highest BCUT2D eigenvalue weighted by Crippen LogP contribution is 2.29. The maximum atomic E-state index is 12.8. The Hall–Kier alpha value is -2.02. The fourth-order valence-corrected chi connectivity index (χ4v) is 5.28. The number of fused-ring (bicyclic) bond motifs is 1. The van der Waals surface area contributed by atoms with Crippen LogP contribution >= 0.6 is 0 Å². The summed E-state index contributed by atoms with van der Waals surface area (Å²) in [6, 6.07) is 16.5. The zero-order chi connectivity index (χ0) is 22.3. The van der Waals surface area contributed by atoms with Crippen LogP contribution in [-0.4, -0.2) is 62.3 Å². The quantitative estimate of drug-likeness (QED) is 0.534. The van der Waals surface area contributed by atoms with Crippen LogP contribution in [0.5, 0.6) is 5.75 Å². The Morgan fingerprint density at radius 2 is 1.78 bits per heavy atom. The highest BCUT2D eigenvalue weighted by Gasteiger charge is 2.31. The van der Waals surface area contributed by atoms with Gasteiger partial charge in [-0.05, 0) is 55.3 Å². The second-order valence-electron chi connectivity index (χ2n) is 9.05. The molecule has 0 spiro atoms. The number of benzene rings is 2. The largest absolute Gasteiger partial charge is 0.434 e. The van der Waals surface area contributed by atoms with Gasteiger partial charge in [0, 0.05) is 44.9 Å².